The lowest BCUT2D eigenvalue weighted by Crippen LogP contribution is -2.09. The zero-order valence-electron chi connectivity index (χ0n) is 10.0. The summed E-state index contributed by atoms with van der Waals surface area (Å²) in [6.45, 7) is 11.1. The van der Waals surface area contributed by atoms with E-state index in [1.165, 1.54) is 24.2 Å². The van der Waals surface area contributed by atoms with Gasteiger partial charge in [-0.05, 0) is 26.2 Å². The second-order valence-corrected chi connectivity index (χ2v) is 4.41. The van der Waals surface area contributed by atoms with Gasteiger partial charge in [-0.15, -0.1) is 0 Å². The van der Waals surface area contributed by atoms with E-state index in [1.54, 1.807) is 0 Å². The Morgan fingerprint density at radius 2 is 2.00 bits per heavy atom. The number of aromatic nitrogens is 2. The summed E-state index contributed by atoms with van der Waals surface area (Å²) in [5, 5.41) is 0. The third kappa shape index (κ3) is 2.17. The minimum atomic E-state index is 0.566. The molecule has 0 saturated heterocycles. The Balaban J connectivity index is 2.96. The fourth-order valence-electron chi connectivity index (χ4n) is 2.09. The van der Waals surface area contributed by atoms with Gasteiger partial charge in [-0.25, -0.2) is 4.98 Å². The van der Waals surface area contributed by atoms with Gasteiger partial charge in [-0.2, -0.15) is 0 Å². The van der Waals surface area contributed by atoms with Crippen molar-refractivity contribution in [1.29, 1.82) is 0 Å². The molecule has 14 heavy (non-hydrogen) atoms. The van der Waals surface area contributed by atoms with Crippen LogP contribution in [0.1, 0.15) is 63.9 Å². The highest BCUT2D eigenvalue weighted by Gasteiger charge is 2.14. The van der Waals surface area contributed by atoms with Crippen LogP contribution in [-0.2, 0) is 0 Å². The van der Waals surface area contributed by atoms with Gasteiger partial charge in [0.15, 0.2) is 0 Å². The minimum Gasteiger partial charge on any atom is -0.331 e. The predicted molar refractivity (Wildman–Crippen MR) is 60.7 cm³/mol. The van der Waals surface area contributed by atoms with Crippen LogP contribution in [0.4, 0.5) is 0 Å². The van der Waals surface area contributed by atoms with Crippen LogP contribution in [0.5, 0.6) is 0 Å². The second-order valence-electron chi connectivity index (χ2n) is 4.41. The average Bonchev–Trinajstić information content (AvgIpc) is 2.47. The van der Waals surface area contributed by atoms with Gasteiger partial charge < -0.3 is 4.57 Å². The summed E-state index contributed by atoms with van der Waals surface area (Å²) in [7, 11) is 0. The molecular weight excluding hydrogens is 172 g/mol. The van der Waals surface area contributed by atoms with Crippen LogP contribution in [0, 0.1) is 6.92 Å². The first kappa shape index (κ1) is 11.3. The molecule has 2 heteroatoms. The van der Waals surface area contributed by atoms with Gasteiger partial charge in [0.25, 0.3) is 0 Å². The van der Waals surface area contributed by atoms with Crippen molar-refractivity contribution in [2.24, 2.45) is 0 Å². The molecule has 0 saturated carbocycles. The molecular formula is C12H22N2. The monoisotopic (exact) mass is 194 g/mol. The quantitative estimate of drug-likeness (QED) is 0.715. The SMILES string of the molecule is CCCC(C)n1cnc(C)c1C(C)C. The molecule has 0 bridgehead atoms. The molecule has 1 heterocycles. The maximum absolute atomic E-state index is 4.40. The molecule has 0 N–H and O–H groups in total. The molecule has 80 valence electrons. The Bertz CT molecular complexity index is 287. The molecule has 2 nitrogen and oxygen atoms in total. The van der Waals surface area contributed by atoms with Gasteiger partial charge in [0.1, 0.15) is 0 Å². The van der Waals surface area contributed by atoms with E-state index in [9.17, 15) is 0 Å². The van der Waals surface area contributed by atoms with Crippen molar-refractivity contribution in [3.05, 3.63) is 17.7 Å². The molecule has 1 unspecified atom stereocenters. The Hall–Kier alpha value is -0.790. The normalized spacial score (nSPS) is 13.6. The van der Waals surface area contributed by atoms with E-state index >= 15 is 0 Å². The minimum absolute atomic E-state index is 0.566. The van der Waals surface area contributed by atoms with Crippen molar-refractivity contribution in [3.8, 4) is 0 Å². The van der Waals surface area contributed by atoms with E-state index in [0.29, 0.717) is 12.0 Å². The van der Waals surface area contributed by atoms with Crippen LogP contribution < -0.4 is 0 Å². The number of hydrogen-bond acceptors (Lipinski definition) is 1. The maximum atomic E-state index is 4.40. The number of rotatable bonds is 4. The smallest absolute Gasteiger partial charge is 0.0954 e. The van der Waals surface area contributed by atoms with Crippen LogP contribution in [-0.4, -0.2) is 9.55 Å². The summed E-state index contributed by atoms with van der Waals surface area (Å²) in [6, 6.07) is 0.582. The van der Waals surface area contributed by atoms with E-state index in [2.05, 4.69) is 44.2 Å². The molecule has 0 aliphatic rings. The zero-order valence-corrected chi connectivity index (χ0v) is 10.0. The van der Waals surface area contributed by atoms with Crippen molar-refractivity contribution < 1.29 is 0 Å². The van der Waals surface area contributed by atoms with E-state index in [4.69, 9.17) is 0 Å². The molecule has 0 aromatic carbocycles. The zero-order chi connectivity index (χ0) is 10.7. The largest absolute Gasteiger partial charge is 0.331 e. The fraction of sp³-hybridized carbons (Fsp3) is 0.750. The second kappa shape index (κ2) is 4.63. The molecule has 0 radical (unpaired) electrons. The van der Waals surface area contributed by atoms with Gasteiger partial charge in [-0.3, -0.25) is 0 Å². The highest BCUT2D eigenvalue weighted by molar-refractivity contribution is 5.16. The first-order chi connectivity index (χ1) is 6.57. The third-order valence-corrected chi connectivity index (χ3v) is 2.75. The molecule has 0 aliphatic carbocycles. The average molecular weight is 194 g/mol. The van der Waals surface area contributed by atoms with Crippen molar-refractivity contribution in [3.63, 3.8) is 0 Å². The first-order valence-corrected chi connectivity index (χ1v) is 5.61. The van der Waals surface area contributed by atoms with E-state index in [-0.39, 0.29) is 0 Å². The summed E-state index contributed by atoms with van der Waals surface area (Å²) >= 11 is 0. The van der Waals surface area contributed by atoms with Gasteiger partial charge >= 0.3 is 0 Å². The predicted octanol–water partition coefficient (Wildman–Crippen LogP) is 3.68. The van der Waals surface area contributed by atoms with Crippen LogP contribution in [0.2, 0.25) is 0 Å². The van der Waals surface area contributed by atoms with Gasteiger partial charge in [0.05, 0.1) is 12.0 Å². The van der Waals surface area contributed by atoms with Crippen molar-refractivity contribution in [1.82, 2.24) is 9.55 Å². The Labute approximate surface area is 87.4 Å². The first-order valence-electron chi connectivity index (χ1n) is 5.61. The molecule has 0 fully saturated rings. The lowest BCUT2D eigenvalue weighted by molar-refractivity contribution is 0.477. The summed E-state index contributed by atoms with van der Waals surface area (Å²) in [4.78, 5) is 4.40. The summed E-state index contributed by atoms with van der Waals surface area (Å²) in [5.41, 5.74) is 2.58. The van der Waals surface area contributed by atoms with Crippen molar-refractivity contribution >= 4 is 0 Å². The standard InChI is InChI=1S/C12H22N2/c1-6-7-10(4)14-8-13-11(5)12(14)9(2)3/h8-10H,6-7H2,1-5H3. The van der Waals surface area contributed by atoms with Crippen LogP contribution in [0.15, 0.2) is 6.33 Å². The summed E-state index contributed by atoms with van der Waals surface area (Å²) < 4.78 is 2.34. The fourth-order valence-corrected chi connectivity index (χ4v) is 2.09. The lowest BCUT2D eigenvalue weighted by atomic mass is 10.1. The lowest BCUT2D eigenvalue weighted by Gasteiger charge is -2.18. The van der Waals surface area contributed by atoms with Crippen molar-refractivity contribution in [2.75, 3.05) is 0 Å². The van der Waals surface area contributed by atoms with E-state index < -0.39 is 0 Å². The molecule has 1 aromatic heterocycles. The Morgan fingerprint density at radius 3 is 2.50 bits per heavy atom. The maximum Gasteiger partial charge on any atom is 0.0954 e. The van der Waals surface area contributed by atoms with E-state index in [0.717, 1.165) is 0 Å². The Morgan fingerprint density at radius 1 is 1.36 bits per heavy atom. The van der Waals surface area contributed by atoms with Gasteiger partial charge in [-0.1, -0.05) is 27.2 Å². The summed E-state index contributed by atoms with van der Waals surface area (Å²) in [5.74, 6) is 0.566. The van der Waals surface area contributed by atoms with E-state index in [1.807, 2.05) is 6.33 Å². The van der Waals surface area contributed by atoms with Gasteiger partial charge in [0.2, 0.25) is 0 Å². The van der Waals surface area contributed by atoms with Crippen molar-refractivity contribution in [2.45, 2.75) is 59.4 Å². The van der Waals surface area contributed by atoms with Gasteiger partial charge in [0, 0.05) is 11.7 Å². The molecule has 0 spiro atoms. The number of nitrogens with zero attached hydrogens (tertiary/aromatic N) is 2. The molecule has 1 rings (SSSR count). The molecule has 0 aliphatic heterocycles. The van der Waals surface area contributed by atoms with Crippen LogP contribution in [0.3, 0.4) is 0 Å². The topological polar surface area (TPSA) is 17.8 Å². The van der Waals surface area contributed by atoms with Crippen LogP contribution in [0.25, 0.3) is 0 Å². The Kier molecular flexibility index (Phi) is 3.73. The number of imidazole rings is 1. The molecule has 0 amide bonds. The number of aryl methyl sites for hydroxylation is 1. The number of hydrogen-bond donors (Lipinski definition) is 0. The third-order valence-electron chi connectivity index (χ3n) is 2.75. The highest BCUT2D eigenvalue weighted by atomic mass is 15.1. The molecule has 1 aromatic rings. The summed E-state index contributed by atoms with van der Waals surface area (Å²) in [6.07, 6.45) is 4.45. The molecule has 1 atom stereocenters. The highest BCUT2D eigenvalue weighted by Crippen LogP contribution is 2.23. The van der Waals surface area contributed by atoms with Crippen LogP contribution >= 0.6 is 0 Å².